The van der Waals surface area contributed by atoms with Gasteiger partial charge in [0.25, 0.3) is 5.91 Å². The van der Waals surface area contributed by atoms with Gasteiger partial charge >= 0.3 is 5.97 Å². The van der Waals surface area contributed by atoms with E-state index >= 15 is 0 Å². The Morgan fingerprint density at radius 1 is 1.34 bits per heavy atom. The molecule has 160 valence electrons. The monoisotopic (exact) mass is 425 g/mol. The van der Waals surface area contributed by atoms with Crippen molar-refractivity contribution < 1.29 is 27.5 Å². The first-order valence-electron chi connectivity index (χ1n) is 9.52. The highest BCUT2D eigenvalue weighted by atomic mass is 32.2. The summed E-state index contributed by atoms with van der Waals surface area (Å²) in [5.41, 5.74) is 1.01. The van der Waals surface area contributed by atoms with E-state index in [4.69, 9.17) is 4.74 Å². The van der Waals surface area contributed by atoms with Crippen molar-refractivity contribution in [1.29, 1.82) is 0 Å². The van der Waals surface area contributed by atoms with Crippen LogP contribution in [0.5, 0.6) is 0 Å². The average Bonchev–Trinajstić information content (AvgIpc) is 2.78. The molecule has 2 rings (SSSR count). The number of carbonyl (C=O) groups is 3. The quantitative estimate of drug-likeness (QED) is 0.607. The van der Waals surface area contributed by atoms with E-state index in [-0.39, 0.29) is 18.1 Å². The highest BCUT2D eigenvalue weighted by molar-refractivity contribution is 7.89. The molecule has 9 nitrogen and oxygen atoms in total. The Labute approximate surface area is 170 Å². The predicted molar refractivity (Wildman–Crippen MR) is 109 cm³/mol. The highest BCUT2D eigenvalue weighted by Gasteiger charge is 2.30. The van der Waals surface area contributed by atoms with Gasteiger partial charge in [0.15, 0.2) is 6.61 Å². The maximum Gasteiger partial charge on any atom is 0.324 e. The van der Waals surface area contributed by atoms with Crippen LogP contribution in [0.25, 0.3) is 0 Å². The van der Waals surface area contributed by atoms with Crippen molar-refractivity contribution in [2.24, 2.45) is 0 Å². The molecular weight excluding hydrogens is 398 g/mol. The zero-order valence-electron chi connectivity index (χ0n) is 16.8. The lowest BCUT2D eigenvalue weighted by Gasteiger charge is -2.27. The molecule has 0 unspecified atom stereocenters. The Bertz CT molecular complexity index is 870. The number of ether oxygens (including phenoxy) is 1. The number of fused-ring (bicyclic) bond motifs is 1. The zero-order chi connectivity index (χ0) is 21.6. The van der Waals surface area contributed by atoms with E-state index in [1.807, 2.05) is 6.92 Å². The number of esters is 1. The van der Waals surface area contributed by atoms with Gasteiger partial charge in [-0.05, 0) is 32.4 Å². The third kappa shape index (κ3) is 6.26. The van der Waals surface area contributed by atoms with Crippen LogP contribution in [0.3, 0.4) is 0 Å². The summed E-state index contributed by atoms with van der Waals surface area (Å²) in [6, 6.07) is 5.32. The number of nitrogens with one attached hydrogen (secondary N) is 2. The lowest BCUT2D eigenvalue weighted by atomic mass is 10.1. The maximum absolute atomic E-state index is 12.8. The number of benzene rings is 1. The Kier molecular flexibility index (Phi) is 7.74. The van der Waals surface area contributed by atoms with Crippen molar-refractivity contribution in [2.45, 2.75) is 52.1 Å². The van der Waals surface area contributed by atoms with Crippen LogP contribution in [0.1, 0.15) is 40.0 Å². The molecule has 0 radical (unpaired) electrons. The van der Waals surface area contributed by atoms with E-state index in [1.54, 1.807) is 31.2 Å². The smallest absolute Gasteiger partial charge is 0.324 e. The van der Waals surface area contributed by atoms with Crippen LogP contribution in [-0.4, -0.2) is 50.6 Å². The molecule has 1 heterocycles. The van der Waals surface area contributed by atoms with Crippen molar-refractivity contribution in [1.82, 2.24) is 4.72 Å². The topological polar surface area (TPSA) is 122 Å². The van der Waals surface area contributed by atoms with Gasteiger partial charge in [-0.1, -0.05) is 25.5 Å². The summed E-state index contributed by atoms with van der Waals surface area (Å²) in [5.74, 6) is -1.64. The van der Waals surface area contributed by atoms with E-state index in [1.165, 1.54) is 11.8 Å². The third-order valence-electron chi connectivity index (χ3n) is 4.44. The van der Waals surface area contributed by atoms with Crippen LogP contribution in [0, 0.1) is 0 Å². The van der Waals surface area contributed by atoms with Crippen molar-refractivity contribution in [3.05, 3.63) is 24.3 Å². The molecule has 2 atom stereocenters. The molecule has 1 aromatic rings. The normalized spacial score (nSPS) is 17.7. The maximum atomic E-state index is 12.8. The third-order valence-corrected chi connectivity index (χ3v) is 5.98. The molecule has 2 amide bonds. The van der Waals surface area contributed by atoms with Gasteiger partial charge < -0.3 is 15.0 Å². The second-order valence-corrected chi connectivity index (χ2v) is 8.88. The fourth-order valence-electron chi connectivity index (χ4n) is 3.01. The second-order valence-electron chi connectivity index (χ2n) is 7.00. The number of carbonyl (C=O) groups excluding carboxylic acids is 3. The summed E-state index contributed by atoms with van der Waals surface area (Å²) in [5, 5.41) is 2.75. The number of nitrogens with zero attached hydrogens (tertiary/aromatic N) is 1. The van der Waals surface area contributed by atoms with Crippen LogP contribution in [-0.2, 0) is 29.1 Å². The Morgan fingerprint density at radius 2 is 2.03 bits per heavy atom. The molecule has 1 aliphatic rings. The number of amides is 2. The molecule has 0 saturated heterocycles. The molecule has 29 heavy (non-hydrogen) atoms. The second kappa shape index (κ2) is 9.84. The lowest BCUT2D eigenvalue weighted by molar-refractivity contribution is -0.149. The SMILES string of the molecule is CCCCS(=O)(=O)N[C@@H](C)C(=O)OCC(=O)N1c2ccccc2NC(=O)C[C@@H]1C. The van der Waals surface area contributed by atoms with E-state index < -0.39 is 40.6 Å². The largest absolute Gasteiger partial charge is 0.454 e. The molecule has 1 aliphatic heterocycles. The average molecular weight is 426 g/mol. The van der Waals surface area contributed by atoms with Crippen molar-refractivity contribution >= 4 is 39.2 Å². The molecule has 0 aromatic heterocycles. The van der Waals surface area contributed by atoms with Crippen LogP contribution in [0.2, 0.25) is 0 Å². The summed E-state index contributed by atoms with van der Waals surface area (Å²) in [6.07, 6.45) is 1.29. The van der Waals surface area contributed by atoms with Gasteiger partial charge in [0.1, 0.15) is 6.04 Å². The van der Waals surface area contributed by atoms with Gasteiger partial charge in [0.2, 0.25) is 15.9 Å². The van der Waals surface area contributed by atoms with Crippen LogP contribution in [0.15, 0.2) is 24.3 Å². The number of rotatable bonds is 8. The van der Waals surface area contributed by atoms with Gasteiger partial charge in [-0.25, -0.2) is 13.1 Å². The zero-order valence-corrected chi connectivity index (χ0v) is 17.6. The molecular formula is C19H27N3O6S. The first-order valence-corrected chi connectivity index (χ1v) is 11.2. The number of hydrogen-bond acceptors (Lipinski definition) is 6. The van der Waals surface area contributed by atoms with Gasteiger partial charge in [0, 0.05) is 12.5 Å². The van der Waals surface area contributed by atoms with E-state index in [0.717, 1.165) is 0 Å². The molecule has 10 heteroatoms. The van der Waals surface area contributed by atoms with Gasteiger partial charge in [-0.2, -0.15) is 0 Å². The van der Waals surface area contributed by atoms with Crippen molar-refractivity contribution in [3.63, 3.8) is 0 Å². The molecule has 1 aromatic carbocycles. The minimum Gasteiger partial charge on any atom is -0.454 e. The van der Waals surface area contributed by atoms with Gasteiger partial charge in [0.05, 0.1) is 17.1 Å². The summed E-state index contributed by atoms with van der Waals surface area (Å²) in [6.45, 7) is 4.39. The molecule has 0 saturated carbocycles. The molecule has 0 bridgehead atoms. The fourth-order valence-corrected chi connectivity index (χ4v) is 4.43. The summed E-state index contributed by atoms with van der Waals surface area (Å²) in [7, 11) is -3.60. The van der Waals surface area contributed by atoms with Crippen LogP contribution < -0.4 is 14.9 Å². The molecule has 0 spiro atoms. The number of sulfonamides is 1. The lowest BCUT2D eigenvalue weighted by Crippen LogP contribution is -2.44. The Morgan fingerprint density at radius 3 is 2.72 bits per heavy atom. The number of hydrogen-bond donors (Lipinski definition) is 2. The first-order chi connectivity index (χ1) is 13.6. The van der Waals surface area contributed by atoms with E-state index in [0.29, 0.717) is 24.2 Å². The Hall–Kier alpha value is -2.46. The number of para-hydroxylation sites is 2. The van der Waals surface area contributed by atoms with E-state index in [2.05, 4.69) is 10.0 Å². The Balaban J connectivity index is 2.02. The van der Waals surface area contributed by atoms with Crippen LogP contribution >= 0.6 is 0 Å². The summed E-state index contributed by atoms with van der Waals surface area (Å²) >= 11 is 0. The molecule has 2 N–H and O–H groups in total. The fraction of sp³-hybridized carbons (Fsp3) is 0.526. The van der Waals surface area contributed by atoms with Crippen molar-refractivity contribution in [2.75, 3.05) is 22.6 Å². The van der Waals surface area contributed by atoms with Gasteiger partial charge in [-0.15, -0.1) is 0 Å². The molecule has 0 fully saturated rings. The van der Waals surface area contributed by atoms with E-state index in [9.17, 15) is 22.8 Å². The highest BCUT2D eigenvalue weighted by Crippen LogP contribution is 2.31. The molecule has 0 aliphatic carbocycles. The summed E-state index contributed by atoms with van der Waals surface area (Å²) < 4.78 is 31.1. The standard InChI is InChI=1S/C19H27N3O6S/c1-4-5-10-29(26,27)21-14(3)19(25)28-12-18(24)22-13(2)11-17(23)20-15-8-6-7-9-16(15)22/h6-9,13-14,21H,4-5,10-12H2,1-3H3,(H,20,23)/t13-,14-/m0/s1. The first kappa shape index (κ1) is 22.8. The minimum atomic E-state index is -3.60. The van der Waals surface area contributed by atoms with Crippen molar-refractivity contribution in [3.8, 4) is 0 Å². The van der Waals surface area contributed by atoms with Gasteiger partial charge in [-0.3, -0.25) is 14.4 Å². The van der Waals surface area contributed by atoms with Crippen LogP contribution in [0.4, 0.5) is 11.4 Å². The predicted octanol–water partition coefficient (Wildman–Crippen LogP) is 1.40. The minimum absolute atomic E-state index is 0.0802. The summed E-state index contributed by atoms with van der Waals surface area (Å²) in [4.78, 5) is 38.3. The number of unbranched alkanes of at least 4 members (excludes halogenated alkanes) is 1. The number of anilines is 2.